The standard InChI is InChI=1S/C20H23ClN4O4S2/c1-14(2)19(29-16-8-6-5-7-15(16)28-3)10-11-20(30-4,24-18(19)21)31(26,27)25-17-9-12-22-13-23-17/h5-14H,1-4H3,(H,22,23,25). The zero-order valence-corrected chi connectivity index (χ0v) is 19.8. The van der Waals surface area contributed by atoms with Gasteiger partial charge in [-0.05, 0) is 36.6 Å². The topological polar surface area (TPSA) is 103 Å². The van der Waals surface area contributed by atoms with Crippen molar-refractivity contribution in [3.8, 4) is 11.5 Å². The highest BCUT2D eigenvalue weighted by molar-refractivity contribution is 8.15. The number of ether oxygens (including phenoxy) is 2. The molecule has 0 saturated heterocycles. The molecule has 1 aromatic heterocycles. The third-order valence-corrected chi connectivity index (χ3v) is 8.65. The van der Waals surface area contributed by atoms with Crippen LogP contribution in [-0.2, 0) is 10.0 Å². The van der Waals surface area contributed by atoms with Crippen molar-refractivity contribution in [1.29, 1.82) is 0 Å². The predicted molar refractivity (Wildman–Crippen MR) is 124 cm³/mol. The minimum Gasteiger partial charge on any atom is -0.493 e. The SMILES string of the molecule is COc1ccccc1OC1(C(C)C)C=CC(SC)(S(=O)(=O)Nc2ccncn2)N=C1Cl. The molecular weight excluding hydrogens is 460 g/mol. The molecule has 0 aliphatic carbocycles. The van der Waals surface area contributed by atoms with E-state index in [4.69, 9.17) is 21.1 Å². The lowest BCUT2D eigenvalue weighted by Crippen LogP contribution is -2.51. The van der Waals surface area contributed by atoms with Gasteiger partial charge in [0.1, 0.15) is 12.1 Å². The summed E-state index contributed by atoms with van der Waals surface area (Å²) in [5, 5.41) is 0.0123. The third kappa shape index (κ3) is 4.37. The van der Waals surface area contributed by atoms with Crippen molar-refractivity contribution < 1.29 is 17.9 Å². The maximum Gasteiger partial charge on any atom is 0.273 e. The number of methoxy groups -OCH3 is 1. The van der Waals surface area contributed by atoms with E-state index in [1.807, 2.05) is 26.0 Å². The van der Waals surface area contributed by atoms with E-state index in [0.717, 1.165) is 11.8 Å². The van der Waals surface area contributed by atoms with Crippen LogP contribution in [-0.4, -0.2) is 46.7 Å². The first-order valence-electron chi connectivity index (χ1n) is 9.31. The molecule has 0 bridgehead atoms. The molecule has 166 valence electrons. The number of rotatable bonds is 8. The summed E-state index contributed by atoms with van der Waals surface area (Å²) in [6.45, 7) is 3.83. The van der Waals surface area contributed by atoms with Crippen LogP contribution in [0.5, 0.6) is 11.5 Å². The molecule has 11 heteroatoms. The third-order valence-electron chi connectivity index (χ3n) is 4.82. The monoisotopic (exact) mass is 482 g/mol. The van der Waals surface area contributed by atoms with Gasteiger partial charge in [0.05, 0.1) is 7.11 Å². The van der Waals surface area contributed by atoms with E-state index in [-0.39, 0.29) is 16.9 Å². The summed E-state index contributed by atoms with van der Waals surface area (Å²) in [6.07, 6.45) is 7.47. The van der Waals surface area contributed by atoms with E-state index in [1.54, 1.807) is 31.6 Å². The number of aromatic nitrogens is 2. The van der Waals surface area contributed by atoms with Gasteiger partial charge in [-0.3, -0.25) is 4.72 Å². The van der Waals surface area contributed by atoms with Crippen LogP contribution in [0.3, 0.4) is 0 Å². The van der Waals surface area contributed by atoms with Crippen LogP contribution in [0, 0.1) is 5.92 Å². The number of benzene rings is 1. The predicted octanol–water partition coefficient (Wildman–Crippen LogP) is 3.92. The molecule has 31 heavy (non-hydrogen) atoms. The molecule has 0 radical (unpaired) electrons. The molecular formula is C20H23ClN4O4S2. The van der Waals surface area contributed by atoms with E-state index in [9.17, 15) is 8.42 Å². The van der Waals surface area contributed by atoms with Crippen molar-refractivity contribution in [2.24, 2.45) is 10.9 Å². The van der Waals surface area contributed by atoms with Crippen molar-refractivity contribution in [1.82, 2.24) is 9.97 Å². The van der Waals surface area contributed by atoms with Gasteiger partial charge in [0.25, 0.3) is 10.0 Å². The second-order valence-corrected chi connectivity index (χ2v) is 10.5. The Kier molecular flexibility index (Phi) is 6.82. The van der Waals surface area contributed by atoms with Crippen LogP contribution < -0.4 is 14.2 Å². The minimum absolute atomic E-state index is 0.0123. The second-order valence-electron chi connectivity index (χ2n) is 6.97. The smallest absolute Gasteiger partial charge is 0.273 e. The zero-order chi connectivity index (χ0) is 22.7. The highest BCUT2D eigenvalue weighted by Gasteiger charge is 2.51. The van der Waals surface area contributed by atoms with Crippen molar-refractivity contribution >= 4 is 44.4 Å². The summed E-state index contributed by atoms with van der Waals surface area (Å²) >= 11 is 7.67. The molecule has 1 aromatic carbocycles. The second kappa shape index (κ2) is 9.05. The Morgan fingerprint density at radius 2 is 1.87 bits per heavy atom. The Labute approximate surface area is 191 Å². The molecule has 0 fully saturated rings. The molecule has 1 aliphatic rings. The van der Waals surface area contributed by atoms with E-state index in [1.165, 1.54) is 24.7 Å². The number of sulfonamides is 1. The summed E-state index contributed by atoms with van der Waals surface area (Å²) < 4.78 is 38.9. The molecule has 2 unspecified atom stereocenters. The fraction of sp³-hybridized carbons (Fsp3) is 0.350. The summed E-state index contributed by atoms with van der Waals surface area (Å²) in [7, 11) is -2.52. The van der Waals surface area contributed by atoms with Gasteiger partial charge in [-0.1, -0.05) is 37.6 Å². The normalized spacial score (nSPS) is 23.4. The van der Waals surface area contributed by atoms with Crippen LogP contribution in [0.4, 0.5) is 5.82 Å². The lowest BCUT2D eigenvalue weighted by atomic mass is 9.89. The molecule has 3 rings (SSSR count). The number of hydrogen-bond acceptors (Lipinski definition) is 8. The van der Waals surface area contributed by atoms with E-state index in [2.05, 4.69) is 19.7 Å². The number of aliphatic imine (C=N–C) groups is 1. The van der Waals surface area contributed by atoms with Crippen molar-refractivity contribution in [3.63, 3.8) is 0 Å². The van der Waals surface area contributed by atoms with Crippen LogP contribution in [0.25, 0.3) is 0 Å². The van der Waals surface area contributed by atoms with Gasteiger partial charge in [-0.25, -0.2) is 23.4 Å². The molecule has 2 heterocycles. The molecule has 2 atom stereocenters. The Morgan fingerprint density at radius 1 is 1.16 bits per heavy atom. The number of para-hydroxylation sites is 2. The highest BCUT2D eigenvalue weighted by atomic mass is 35.5. The minimum atomic E-state index is -4.06. The molecule has 1 N–H and O–H groups in total. The number of dihydropyridines is 1. The van der Waals surface area contributed by atoms with Gasteiger partial charge in [0.15, 0.2) is 22.3 Å². The van der Waals surface area contributed by atoms with Gasteiger partial charge in [-0.2, -0.15) is 0 Å². The molecule has 0 spiro atoms. The summed E-state index contributed by atoms with van der Waals surface area (Å²) in [5.74, 6) is 0.965. The van der Waals surface area contributed by atoms with Crippen molar-refractivity contribution in [3.05, 3.63) is 55.0 Å². The van der Waals surface area contributed by atoms with Gasteiger partial charge >= 0.3 is 0 Å². The molecule has 1 aliphatic heterocycles. The summed E-state index contributed by atoms with van der Waals surface area (Å²) in [5.41, 5.74) is -1.17. The Bertz CT molecular complexity index is 1100. The quantitative estimate of drug-likeness (QED) is 0.568. The first kappa shape index (κ1) is 23.4. The summed E-state index contributed by atoms with van der Waals surface area (Å²) in [6, 6.07) is 8.61. The summed E-state index contributed by atoms with van der Waals surface area (Å²) in [4.78, 5) is 12.1. The lowest BCUT2D eigenvalue weighted by molar-refractivity contribution is 0.134. The molecule has 0 saturated carbocycles. The Hall–Kier alpha value is -2.30. The largest absolute Gasteiger partial charge is 0.493 e. The average molecular weight is 483 g/mol. The molecule has 8 nitrogen and oxygen atoms in total. The first-order valence-corrected chi connectivity index (χ1v) is 12.4. The Morgan fingerprint density at radius 3 is 2.42 bits per heavy atom. The highest BCUT2D eigenvalue weighted by Crippen LogP contribution is 2.43. The van der Waals surface area contributed by atoms with Gasteiger partial charge in [-0.15, -0.1) is 11.8 Å². The van der Waals surface area contributed by atoms with Gasteiger partial charge in [0, 0.05) is 12.1 Å². The van der Waals surface area contributed by atoms with E-state index < -0.39 is 19.8 Å². The number of hydrogen-bond donors (Lipinski definition) is 1. The molecule has 0 amide bonds. The zero-order valence-electron chi connectivity index (χ0n) is 17.4. The number of nitrogens with zero attached hydrogens (tertiary/aromatic N) is 3. The molecule has 2 aromatic rings. The van der Waals surface area contributed by atoms with E-state index >= 15 is 0 Å². The van der Waals surface area contributed by atoms with Crippen LogP contribution in [0.2, 0.25) is 0 Å². The van der Waals surface area contributed by atoms with Crippen LogP contribution in [0.15, 0.2) is 60.0 Å². The maximum atomic E-state index is 13.2. The fourth-order valence-corrected chi connectivity index (χ4v) is 5.95. The fourth-order valence-electron chi connectivity index (χ4n) is 3.00. The first-order chi connectivity index (χ1) is 14.7. The Balaban J connectivity index is 2.02. The number of nitrogens with one attached hydrogen (secondary N) is 1. The number of halogens is 1. The van der Waals surface area contributed by atoms with Crippen molar-refractivity contribution in [2.45, 2.75) is 23.7 Å². The lowest BCUT2D eigenvalue weighted by Gasteiger charge is -2.39. The van der Waals surface area contributed by atoms with Crippen molar-refractivity contribution in [2.75, 3.05) is 18.1 Å². The van der Waals surface area contributed by atoms with Gasteiger partial charge < -0.3 is 9.47 Å². The van der Waals surface area contributed by atoms with Crippen LogP contribution in [0.1, 0.15) is 13.8 Å². The maximum absolute atomic E-state index is 13.2. The van der Waals surface area contributed by atoms with Gasteiger partial charge in [0.2, 0.25) is 4.20 Å². The number of thioether (sulfide) groups is 1. The average Bonchev–Trinajstić information content (AvgIpc) is 2.75. The van der Waals surface area contributed by atoms with Crippen LogP contribution >= 0.6 is 23.4 Å². The van der Waals surface area contributed by atoms with E-state index in [0.29, 0.717) is 11.5 Å². The number of anilines is 1.